The SMILES string of the molecule is CN(Cc1ncn[nH]1)C(=O)C1CCCc2sccc21. The van der Waals surface area contributed by atoms with Gasteiger partial charge in [0.2, 0.25) is 5.91 Å². The maximum atomic E-state index is 12.6. The zero-order valence-corrected chi connectivity index (χ0v) is 11.6. The molecule has 1 amide bonds. The van der Waals surface area contributed by atoms with Crippen molar-refractivity contribution in [3.05, 3.63) is 34.0 Å². The molecule has 2 aromatic heterocycles. The number of thiophene rings is 1. The maximum absolute atomic E-state index is 12.6. The van der Waals surface area contributed by atoms with Crippen LogP contribution >= 0.6 is 11.3 Å². The number of amides is 1. The molecule has 0 spiro atoms. The molecule has 1 unspecified atom stereocenters. The number of carbonyl (C=O) groups is 1. The molecule has 0 bridgehead atoms. The molecule has 1 atom stereocenters. The van der Waals surface area contributed by atoms with E-state index < -0.39 is 0 Å². The first-order valence-corrected chi connectivity index (χ1v) is 7.29. The second kappa shape index (κ2) is 5.13. The first-order valence-electron chi connectivity index (χ1n) is 6.41. The topological polar surface area (TPSA) is 61.9 Å². The number of hydrogen-bond donors (Lipinski definition) is 1. The molecule has 0 saturated heterocycles. The van der Waals surface area contributed by atoms with Crippen molar-refractivity contribution in [2.45, 2.75) is 31.7 Å². The molecule has 0 fully saturated rings. The van der Waals surface area contributed by atoms with Crippen LogP contribution in [-0.4, -0.2) is 33.0 Å². The number of fused-ring (bicyclic) bond motifs is 1. The third-order valence-corrected chi connectivity index (χ3v) is 4.57. The second-order valence-electron chi connectivity index (χ2n) is 4.87. The highest BCUT2D eigenvalue weighted by Gasteiger charge is 2.29. The molecule has 1 N–H and O–H groups in total. The number of likely N-dealkylation sites (N-methyl/N-ethyl adjacent to an activating group) is 1. The molecule has 3 rings (SSSR count). The Hall–Kier alpha value is -1.69. The molecule has 6 heteroatoms. The number of H-pyrrole nitrogens is 1. The lowest BCUT2D eigenvalue weighted by molar-refractivity contribution is -0.132. The minimum atomic E-state index is 0.0166. The van der Waals surface area contributed by atoms with Gasteiger partial charge in [-0.2, -0.15) is 5.10 Å². The summed E-state index contributed by atoms with van der Waals surface area (Å²) in [5.74, 6) is 0.913. The van der Waals surface area contributed by atoms with Gasteiger partial charge < -0.3 is 4.90 Å². The summed E-state index contributed by atoms with van der Waals surface area (Å²) in [5.41, 5.74) is 1.23. The van der Waals surface area contributed by atoms with Crippen molar-refractivity contribution in [3.63, 3.8) is 0 Å². The van der Waals surface area contributed by atoms with Crippen molar-refractivity contribution in [1.82, 2.24) is 20.1 Å². The number of rotatable bonds is 3. The Labute approximate surface area is 115 Å². The number of carbonyl (C=O) groups excluding carboxylic acids is 1. The number of nitrogens with one attached hydrogen (secondary N) is 1. The first kappa shape index (κ1) is 12.3. The molecule has 1 aliphatic rings. The van der Waals surface area contributed by atoms with E-state index in [1.807, 2.05) is 7.05 Å². The highest BCUT2D eigenvalue weighted by molar-refractivity contribution is 7.10. The molecule has 19 heavy (non-hydrogen) atoms. The van der Waals surface area contributed by atoms with Gasteiger partial charge in [0.05, 0.1) is 12.5 Å². The van der Waals surface area contributed by atoms with Crippen molar-refractivity contribution < 1.29 is 4.79 Å². The van der Waals surface area contributed by atoms with Crippen LogP contribution < -0.4 is 0 Å². The number of aromatic amines is 1. The van der Waals surface area contributed by atoms with E-state index >= 15 is 0 Å². The predicted molar refractivity (Wildman–Crippen MR) is 72.9 cm³/mol. The van der Waals surface area contributed by atoms with Crippen LogP contribution in [0.3, 0.4) is 0 Å². The molecule has 2 aromatic rings. The summed E-state index contributed by atoms with van der Waals surface area (Å²) in [7, 11) is 1.82. The van der Waals surface area contributed by atoms with Crippen molar-refractivity contribution >= 4 is 17.2 Å². The smallest absolute Gasteiger partial charge is 0.230 e. The Balaban J connectivity index is 1.74. The van der Waals surface area contributed by atoms with E-state index in [4.69, 9.17) is 0 Å². The summed E-state index contributed by atoms with van der Waals surface area (Å²) in [6, 6.07) is 2.10. The van der Waals surface area contributed by atoms with E-state index in [9.17, 15) is 4.79 Å². The average Bonchev–Trinajstić information content (AvgIpc) is 3.07. The monoisotopic (exact) mass is 276 g/mol. The summed E-state index contributed by atoms with van der Waals surface area (Å²) in [6.07, 6.45) is 4.62. The number of hydrogen-bond acceptors (Lipinski definition) is 4. The highest BCUT2D eigenvalue weighted by atomic mass is 32.1. The number of aryl methyl sites for hydroxylation is 1. The predicted octanol–water partition coefficient (Wildman–Crippen LogP) is 1.94. The van der Waals surface area contributed by atoms with Gasteiger partial charge in [-0.3, -0.25) is 9.89 Å². The molecule has 1 aliphatic carbocycles. The van der Waals surface area contributed by atoms with E-state index in [1.54, 1.807) is 16.2 Å². The zero-order valence-electron chi connectivity index (χ0n) is 10.8. The van der Waals surface area contributed by atoms with Gasteiger partial charge in [-0.25, -0.2) is 4.98 Å². The Kier molecular flexibility index (Phi) is 3.33. The minimum Gasteiger partial charge on any atom is -0.338 e. The van der Waals surface area contributed by atoms with Gasteiger partial charge in [0.1, 0.15) is 12.2 Å². The Bertz CT molecular complexity index is 563. The number of nitrogens with zero attached hydrogens (tertiary/aromatic N) is 3. The standard InChI is InChI=1S/C13H16N4OS/c1-17(7-12-14-8-15-16-12)13(18)10-3-2-4-11-9(10)5-6-19-11/h5-6,8,10H,2-4,7H2,1H3,(H,14,15,16). The normalized spacial score (nSPS) is 18.1. The van der Waals surface area contributed by atoms with E-state index in [1.165, 1.54) is 16.8 Å². The minimum absolute atomic E-state index is 0.0166. The fourth-order valence-corrected chi connectivity index (χ4v) is 3.61. The summed E-state index contributed by atoms with van der Waals surface area (Å²) >= 11 is 1.76. The van der Waals surface area contributed by atoms with E-state index in [0.29, 0.717) is 6.54 Å². The molecule has 0 aliphatic heterocycles. The third-order valence-electron chi connectivity index (χ3n) is 3.58. The van der Waals surface area contributed by atoms with Gasteiger partial charge in [-0.15, -0.1) is 11.3 Å². The second-order valence-corrected chi connectivity index (χ2v) is 5.87. The Morgan fingerprint density at radius 2 is 2.53 bits per heavy atom. The fourth-order valence-electron chi connectivity index (χ4n) is 2.62. The summed E-state index contributed by atoms with van der Waals surface area (Å²) < 4.78 is 0. The lowest BCUT2D eigenvalue weighted by atomic mass is 9.87. The molecular formula is C13H16N4OS. The third kappa shape index (κ3) is 2.40. The van der Waals surface area contributed by atoms with Gasteiger partial charge in [0.15, 0.2) is 0 Å². The average molecular weight is 276 g/mol. The van der Waals surface area contributed by atoms with Crippen LogP contribution in [0.1, 0.15) is 35.0 Å². The molecule has 0 radical (unpaired) electrons. The summed E-state index contributed by atoms with van der Waals surface area (Å²) in [5, 5.41) is 8.68. The molecule has 0 saturated carbocycles. The maximum Gasteiger partial charge on any atom is 0.230 e. The summed E-state index contributed by atoms with van der Waals surface area (Å²) in [4.78, 5) is 19.7. The lowest BCUT2D eigenvalue weighted by Gasteiger charge is -2.26. The molecule has 0 aromatic carbocycles. The van der Waals surface area contributed by atoms with E-state index in [2.05, 4.69) is 26.6 Å². The largest absolute Gasteiger partial charge is 0.338 e. The Morgan fingerprint density at radius 3 is 3.32 bits per heavy atom. The van der Waals surface area contributed by atoms with Gasteiger partial charge >= 0.3 is 0 Å². The van der Waals surface area contributed by atoms with Gasteiger partial charge in [0.25, 0.3) is 0 Å². The number of aromatic nitrogens is 3. The van der Waals surface area contributed by atoms with Crippen molar-refractivity contribution in [1.29, 1.82) is 0 Å². The van der Waals surface area contributed by atoms with Crippen LogP contribution in [0, 0.1) is 0 Å². The molecule has 100 valence electrons. The summed E-state index contributed by atoms with van der Waals surface area (Å²) in [6.45, 7) is 0.481. The quantitative estimate of drug-likeness (QED) is 0.932. The van der Waals surface area contributed by atoms with Gasteiger partial charge in [-0.1, -0.05) is 0 Å². The van der Waals surface area contributed by atoms with Crippen LogP contribution in [0.5, 0.6) is 0 Å². The molecule has 5 nitrogen and oxygen atoms in total. The lowest BCUT2D eigenvalue weighted by Crippen LogP contribution is -2.33. The van der Waals surface area contributed by atoms with E-state index in [0.717, 1.165) is 25.1 Å². The van der Waals surface area contributed by atoms with E-state index in [-0.39, 0.29) is 11.8 Å². The fraction of sp³-hybridized carbons (Fsp3) is 0.462. The Morgan fingerprint density at radius 1 is 1.63 bits per heavy atom. The van der Waals surface area contributed by atoms with Gasteiger partial charge in [-0.05, 0) is 36.3 Å². The van der Waals surface area contributed by atoms with Crippen LogP contribution in [0.2, 0.25) is 0 Å². The molecule has 2 heterocycles. The first-order chi connectivity index (χ1) is 9.25. The van der Waals surface area contributed by atoms with Crippen LogP contribution in [-0.2, 0) is 17.8 Å². The van der Waals surface area contributed by atoms with Crippen LogP contribution in [0.15, 0.2) is 17.8 Å². The zero-order chi connectivity index (χ0) is 13.2. The van der Waals surface area contributed by atoms with Gasteiger partial charge in [0, 0.05) is 11.9 Å². The highest BCUT2D eigenvalue weighted by Crippen LogP contribution is 2.35. The van der Waals surface area contributed by atoms with Crippen LogP contribution in [0.4, 0.5) is 0 Å². The van der Waals surface area contributed by atoms with Crippen LogP contribution in [0.25, 0.3) is 0 Å². The van der Waals surface area contributed by atoms with Crippen molar-refractivity contribution in [2.75, 3.05) is 7.05 Å². The van der Waals surface area contributed by atoms with Crippen molar-refractivity contribution in [2.24, 2.45) is 0 Å². The van der Waals surface area contributed by atoms with Crippen molar-refractivity contribution in [3.8, 4) is 0 Å². The molecular weight excluding hydrogens is 260 g/mol.